The van der Waals surface area contributed by atoms with E-state index in [2.05, 4.69) is 5.32 Å². The summed E-state index contributed by atoms with van der Waals surface area (Å²) in [6.07, 6.45) is 7.69. The molecule has 0 radical (unpaired) electrons. The standard InChI is InChI=1S/C11H17NO/c13-11(8-3-4-8)12-10-6-7-1-2-9(10)5-7/h7-10H,1-6H2,(H,12,13)/t7-,9+,10-/m0/s1. The first-order valence-electron chi connectivity index (χ1n) is 5.63. The Bertz CT molecular complexity index is 234. The van der Waals surface area contributed by atoms with Gasteiger partial charge in [0.15, 0.2) is 0 Å². The molecule has 3 aliphatic carbocycles. The summed E-state index contributed by atoms with van der Waals surface area (Å²) in [7, 11) is 0. The smallest absolute Gasteiger partial charge is 0.223 e. The van der Waals surface area contributed by atoms with Crippen LogP contribution in [0, 0.1) is 17.8 Å². The minimum Gasteiger partial charge on any atom is -0.353 e. The molecule has 0 aromatic rings. The van der Waals surface area contributed by atoms with Gasteiger partial charge in [-0.2, -0.15) is 0 Å². The lowest BCUT2D eigenvalue weighted by Gasteiger charge is -2.22. The van der Waals surface area contributed by atoms with E-state index >= 15 is 0 Å². The number of nitrogens with one attached hydrogen (secondary N) is 1. The fraction of sp³-hybridized carbons (Fsp3) is 0.909. The molecule has 0 heterocycles. The van der Waals surface area contributed by atoms with Crippen molar-refractivity contribution in [2.45, 2.75) is 44.6 Å². The largest absolute Gasteiger partial charge is 0.353 e. The van der Waals surface area contributed by atoms with Crippen molar-refractivity contribution < 1.29 is 4.79 Å². The van der Waals surface area contributed by atoms with Crippen molar-refractivity contribution >= 4 is 5.91 Å². The van der Waals surface area contributed by atoms with Crippen molar-refractivity contribution in [3.63, 3.8) is 0 Å². The molecule has 72 valence electrons. The van der Waals surface area contributed by atoms with Crippen LogP contribution in [0.2, 0.25) is 0 Å². The van der Waals surface area contributed by atoms with Crippen molar-refractivity contribution in [2.24, 2.45) is 17.8 Å². The second-order valence-electron chi connectivity index (χ2n) is 5.06. The SMILES string of the molecule is O=C(N[C@H]1C[C@H]2CC[C@@H]1C2)C1CC1. The average molecular weight is 179 g/mol. The number of hydrogen-bond acceptors (Lipinski definition) is 1. The minimum absolute atomic E-state index is 0.345. The highest BCUT2D eigenvalue weighted by Crippen LogP contribution is 2.44. The summed E-state index contributed by atoms with van der Waals surface area (Å²) in [5, 5.41) is 3.23. The van der Waals surface area contributed by atoms with Crippen LogP contribution < -0.4 is 5.32 Å². The maximum absolute atomic E-state index is 11.5. The lowest BCUT2D eigenvalue weighted by atomic mass is 9.95. The van der Waals surface area contributed by atoms with Gasteiger partial charge in [-0.15, -0.1) is 0 Å². The lowest BCUT2D eigenvalue weighted by Crippen LogP contribution is -2.39. The molecule has 1 amide bonds. The first-order valence-corrected chi connectivity index (χ1v) is 5.63. The first kappa shape index (κ1) is 7.84. The minimum atomic E-state index is 0.345. The Hall–Kier alpha value is -0.530. The van der Waals surface area contributed by atoms with Gasteiger partial charge in [0, 0.05) is 12.0 Å². The maximum Gasteiger partial charge on any atom is 0.223 e. The summed E-state index contributed by atoms with van der Waals surface area (Å²) < 4.78 is 0. The van der Waals surface area contributed by atoms with Gasteiger partial charge in [-0.1, -0.05) is 6.42 Å². The Balaban J connectivity index is 1.58. The number of rotatable bonds is 2. The molecular weight excluding hydrogens is 162 g/mol. The van der Waals surface area contributed by atoms with Crippen LogP contribution in [-0.2, 0) is 4.79 Å². The topological polar surface area (TPSA) is 29.1 Å². The Morgan fingerprint density at radius 2 is 1.92 bits per heavy atom. The lowest BCUT2D eigenvalue weighted by molar-refractivity contribution is -0.123. The summed E-state index contributed by atoms with van der Waals surface area (Å²) in [6, 6.07) is 0.548. The van der Waals surface area contributed by atoms with Crippen molar-refractivity contribution in [3.05, 3.63) is 0 Å². The molecule has 3 rings (SSSR count). The maximum atomic E-state index is 11.5. The fourth-order valence-electron chi connectivity index (χ4n) is 3.07. The van der Waals surface area contributed by atoms with Gasteiger partial charge in [0.25, 0.3) is 0 Å². The van der Waals surface area contributed by atoms with Crippen molar-refractivity contribution in [1.29, 1.82) is 0 Å². The molecular formula is C11H17NO. The van der Waals surface area contributed by atoms with E-state index in [-0.39, 0.29) is 0 Å². The third kappa shape index (κ3) is 1.36. The number of amides is 1. The first-order chi connectivity index (χ1) is 6.33. The summed E-state index contributed by atoms with van der Waals surface area (Å²) in [5.74, 6) is 2.50. The second kappa shape index (κ2) is 2.73. The van der Waals surface area contributed by atoms with Gasteiger partial charge in [0.05, 0.1) is 0 Å². The normalized spacial score (nSPS) is 42.3. The molecule has 0 aromatic carbocycles. The van der Waals surface area contributed by atoms with E-state index in [1.54, 1.807) is 0 Å². The second-order valence-corrected chi connectivity index (χ2v) is 5.06. The van der Waals surface area contributed by atoms with Crippen LogP contribution in [0.5, 0.6) is 0 Å². The highest BCUT2D eigenvalue weighted by molar-refractivity contribution is 5.81. The van der Waals surface area contributed by atoms with E-state index in [4.69, 9.17) is 0 Å². The van der Waals surface area contributed by atoms with Crippen LogP contribution in [0.15, 0.2) is 0 Å². The molecule has 3 atom stereocenters. The fourth-order valence-corrected chi connectivity index (χ4v) is 3.07. The zero-order chi connectivity index (χ0) is 8.84. The molecule has 1 N–H and O–H groups in total. The zero-order valence-electron chi connectivity index (χ0n) is 7.96. The molecule has 2 heteroatoms. The number of hydrogen-bond donors (Lipinski definition) is 1. The summed E-state index contributed by atoms with van der Waals surface area (Å²) >= 11 is 0. The van der Waals surface area contributed by atoms with E-state index in [9.17, 15) is 4.79 Å². The Morgan fingerprint density at radius 3 is 2.46 bits per heavy atom. The summed E-state index contributed by atoms with van der Waals surface area (Å²) in [6.45, 7) is 0. The molecule has 2 nitrogen and oxygen atoms in total. The van der Waals surface area contributed by atoms with Gasteiger partial charge < -0.3 is 5.32 Å². The molecule has 3 aliphatic rings. The predicted octanol–water partition coefficient (Wildman–Crippen LogP) is 1.70. The Morgan fingerprint density at radius 1 is 1.08 bits per heavy atom. The molecule has 3 fully saturated rings. The molecule has 0 unspecified atom stereocenters. The van der Waals surface area contributed by atoms with Gasteiger partial charge in [-0.3, -0.25) is 4.79 Å². The molecule has 3 saturated carbocycles. The van der Waals surface area contributed by atoms with E-state index in [1.807, 2.05) is 0 Å². The van der Waals surface area contributed by atoms with Crippen LogP contribution in [0.25, 0.3) is 0 Å². The summed E-state index contributed by atoms with van der Waals surface area (Å²) in [5.41, 5.74) is 0. The van der Waals surface area contributed by atoms with Gasteiger partial charge in [-0.25, -0.2) is 0 Å². The van der Waals surface area contributed by atoms with Crippen molar-refractivity contribution in [2.75, 3.05) is 0 Å². The van der Waals surface area contributed by atoms with E-state index in [0.29, 0.717) is 17.9 Å². The molecule has 2 bridgehead atoms. The Labute approximate surface area is 79.1 Å². The molecule has 0 saturated heterocycles. The zero-order valence-corrected chi connectivity index (χ0v) is 7.96. The molecule has 0 spiro atoms. The van der Waals surface area contributed by atoms with E-state index in [0.717, 1.165) is 24.7 Å². The summed E-state index contributed by atoms with van der Waals surface area (Å²) in [4.78, 5) is 11.5. The van der Waals surface area contributed by atoms with Crippen LogP contribution in [0.1, 0.15) is 38.5 Å². The number of carbonyl (C=O) groups excluding carboxylic acids is 1. The van der Waals surface area contributed by atoms with Crippen LogP contribution in [0.4, 0.5) is 0 Å². The van der Waals surface area contributed by atoms with Gasteiger partial charge in [0.2, 0.25) is 5.91 Å². The number of carbonyl (C=O) groups is 1. The van der Waals surface area contributed by atoms with Crippen molar-refractivity contribution in [1.82, 2.24) is 5.32 Å². The average Bonchev–Trinajstić information content (AvgIpc) is 2.79. The molecule has 0 aromatic heterocycles. The third-order valence-electron chi connectivity index (χ3n) is 4.01. The van der Waals surface area contributed by atoms with E-state index < -0.39 is 0 Å². The van der Waals surface area contributed by atoms with Crippen LogP contribution >= 0.6 is 0 Å². The Kier molecular flexibility index (Phi) is 1.64. The van der Waals surface area contributed by atoms with Crippen LogP contribution in [0.3, 0.4) is 0 Å². The van der Waals surface area contributed by atoms with Gasteiger partial charge in [0.1, 0.15) is 0 Å². The highest BCUT2D eigenvalue weighted by Gasteiger charge is 2.41. The van der Waals surface area contributed by atoms with Gasteiger partial charge >= 0.3 is 0 Å². The molecule has 0 aliphatic heterocycles. The third-order valence-corrected chi connectivity index (χ3v) is 4.01. The van der Waals surface area contributed by atoms with Crippen molar-refractivity contribution in [3.8, 4) is 0 Å². The van der Waals surface area contributed by atoms with Gasteiger partial charge in [-0.05, 0) is 43.9 Å². The monoisotopic (exact) mass is 179 g/mol. The predicted molar refractivity (Wildman–Crippen MR) is 50.1 cm³/mol. The molecule has 13 heavy (non-hydrogen) atoms. The van der Waals surface area contributed by atoms with E-state index in [1.165, 1.54) is 25.7 Å². The number of fused-ring (bicyclic) bond motifs is 2. The quantitative estimate of drug-likeness (QED) is 0.687. The highest BCUT2D eigenvalue weighted by atomic mass is 16.2. The van der Waals surface area contributed by atoms with Crippen LogP contribution in [-0.4, -0.2) is 11.9 Å².